The van der Waals surface area contributed by atoms with Crippen LogP contribution in [0.15, 0.2) is 4.99 Å². The van der Waals surface area contributed by atoms with E-state index in [1.807, 2.05) is 6.21 Å². The smallest absolute Gasteiger partial charge is 0.0385 e. The Kier molecular flexibility index (Phi) is 5.59. The van der Waals surface area contributed by atoms with E-state index in [1.54, 1.807) is 0 Å². The van der Waals surface area contributed by atoms with Crippen LogP contribution in [0.5, 0.6) is 0 Å². The molecule has 0 aliphatic carbocycles. The molecule has 54 valence electrons. The van der Waals surface area contributed by atoms with Crippen LogP contribution in [0.2, 0.25) is 0 Å². The average Bonchev–Trinajstić information content (AvgIpc) is 1.80. The molecule has 0 atom stereocenters. The quantitative estimate of drug-likeness (QED) is 0.406. The fourth-order valence-electron chi connectivity index (χ4n) is 0.535. The zero-order valence-electron chi connectivity index (χ0n) is 6.72. The van der Waals surface area contributed by atoms with E-state index in [2.05, 4.69) is 25.8 Å². The third kappa shape index (κ3) is 7.67. The molecule has 0 fully saturated rings. The van der Waals surface area contributed by atoms with Crippen molar-refractivity contribution >= 4 is 6.21 Å². The number of aliphatic imine (C=N–C) groups is 1. The maximum absolute atomic E-state index is 4.24. The molecule has 9 heavy (non-hydrogen) atoms. The Bertz CT molecular complexity index is 74.6. The van der Waals surface area contributed by atoms with E-state index < -0.39 is 0 Å². The molecule has 0 heterocycles. The maximum atomic E-state index is 4.24. The molecule has 0 amide bonds. The first kappa shape index (κ1) is 8.67. The van der Waals surface area contributed by atoms with E-state index in [0.29, 0.717) is 5.92 Å². The molecule has 0 aromatic carbocycles. The largest absolute Gasteiger partial charge is 0.297 e. The van der Waals surface area contributed by atoms with Gasteiger partial charge in [-0.25, -0.2) is 0 Å². The lowest BCUT2D eigenvalue weighted by Gasteiger charge is -1.92. The molecular weight excluding hydrogens is 110 g/mol. The Morgan fingerprint density at radius 2 is 2.11 bits per heavy atom. The normalized spacial score (nSPS) is 11.6. The van der Waals surface area contributed by atoms with Gasteiger partial charge in [-0.3, -0.25) is 4.99 Å². The first-order chi connectivity index (χ1) is 4.27. The van der Waals surface area contributed by atoms with E-state index >= 15 is 0 Å². The van der Waals surface area contributed by atoms with E-state index in [9.17, 15) is 0 Å². The molecule has 0 rings (SSSR count). The van der Waals surface area contributed by atoms with Crippen LogP contribution in [0, 0.1) is 5.92 Å². The van der Waals surface area contributed by atoms with E-state index in [-0.39, 0.29) is 0 Å². The van der Waals surface area contributed by atoms with Gasteiger partial charge in [-0.1, -0.05) is 27.2 Å². The number of rotatable bonds is 4. The van der Waals surface area contributed by atoms with Gasteiger partial charge in [0, 0.05) is 12.8 Å². The van der Waals surface area contributed by atoms with Gasteiger partial charge in [0.2, 0.25) is 0 Å². The molecule has 0 bridgehead atoms. The fraction of sp³-hybridized carbons (Fsp3) is 0.875. The average molecular weight is 127 g/mol. The highest BCUT2D eigenvalue weighted by Gasteiger charge is 1.82. The Balaban J connectivity index is 3.04. The van der Waals surface area contributed by atoms with Crippen LogP contribution in [0.3, 0.4) is 0 Å². The predicted octanol–water partition coefficient (Wildman–Crippen LogP) is 2.51. The van der Waals surface area contributed by atoms with Crippen molar-refractivity contribution < 1.29 is 0 Å². The van der Waals surface area contributed by atoms with Gasteiger partial charge >= 0.3 is 0 Å². The number of unbranched alkanes of at least 4 members (excludes halogenated alkanes) is 1. The van der Waals surface area contributed by atoms with Crippen molar-refractivity contribution in [1.82, 2.24) is 0 Å². The molecule has 0 saturated carbocycles. The third-order valence-electron chi connectivity index (χ3n) is 1.04. The molecule has 0 aromatic rings. The summed E-state index contributed by atoms with van der Waals surface area (Å²) in [7, 11) is 0. The molecule has 0 aromatic heterocycles. The lowest BCUT2D eigenvalue weighted by atomic mass is 10.2. The molecule has 0 spiro atoms. The van der Waals surface area contributed by atoms with Crippen molar-refractivity contribution in [3.8, 4) is 0 Å². The molecule has 1 heteroatoms. The van der Waals surface area contributed by atoms with Gasteiger partial charge in [-0.05, 0) is 12.3 Å². The molecule has 0 aliphatic rings. The molecule has 1 nitrogen and oxygen atoms in total. The second-order valence-corrected chi connectivity index (χ2v) is 2.65. The first-order valence-electron chi connectivity index (χ1n) is 3.77. The first-order valence-corrected chi connectivity index (χ1v) is 3.77. The lowest BCUT2D eigenvalue weighted by Crippen LogP contribution is -1.88. The van der Waals surface area contributed by atoms with Crippen molar-refractivity contribution in [3.63, 3.8) is 0 Å². The molecule has 0 aliphatic heterocycles. The third-order valence-corrected chi connectivity index (χ3v) is 1.04. The monoisotopic (exact) mass is 127 g/mol. The van der Waals surface area contributed by atoms with Crippen LogP contribution in [0.25, 0.3) is 0 Å². The summed E-state index contributed by atoms with van der Waals surface area (Å²) in [6.45, 7) is 7.49. The lowest BCUT2D eigenvalue weighted by molar-refractivity contribution is 0.799. The summed E-state index contributed by atoms with van der Waals surface area (Å²) < 4.78 is 0. The highest BCUT2D eigenvalue weighted by molar-refractivity contribution is 5.59. The Morgan fingerprint density at radius 1 is 1.44 bits per heavy atom. The van der Waals surface area contributed by atoms with Gasteiger partial charge in [0.25, 0.3) is 0 Å². The van der Waals surface area contributed by atoms with E-state index in [0.717, 1.165) is 6.54 Å². The van der Waals surface area contributed by atoms with Crippen LogP contribution in [0.4, 0.5) is 0 Å². The summed E-state index contributed by atoms with van der Waals surface area (Å²) in [5, 5.41) is 0. The minimum Gasteiger partial charge on any atom is -0.297 e. The van der Waals surface area contributed by atoms with E-state index in [1.165, 1.54) is 12.8 Å². The number of hydrogen-bond donors (Lipinski definition) is 0. The second kappa shape index (κ2) is 5.80. The molecular formula is C8H17N. The maximum Gasteiger partial charge on any atom is 0.0385 e. The van der Waals surface area contributed by atoms with Gasteiger partial charge in [-0.15, -0.1) is 0 Å². The zero-order chi connectivity index (χ0) is 7.11. The van der Waals surface area contributed by atoms with Crippen molar-refractivity contribution in [3.05, 3.63) is 0 Å². The van der Waals surface area contributed by atoms with Gasteiger partial charge in [0.1, 0.15) is 0 Å². The SMILES string of the molecule is CCCCN=CC(C)C. The van der Waals surface area contributed by atoms with Crippen molar-refractivity contribution in [2.45, 2.75) is 33.6 Å². The fourth-order valence-corrected chi connectivity index (χ4v) is 0.535. The van der Waals surface area contributed by atoms with Crippen LogP contribution < -0.4 is 0 Å². The molecule has 0 saturated heterocycles. The number of nitrogens with zero attached hydrogens (tertiary/aromatic N) is 1. The predicted molar refractivity (Wildman–Crippen MR) is 43.1 cm³/mol. The van der Waals surface area contributed by atoms with Gasteiger partial charge < -0.3 is 0 Å². The highest BCUT2D eigenvalue weighted by Crippen LogP contribution is 1.89. The van der Waals surface area contributed by atoms with Crippen LogP contribution >= 0.6 is 0 Å². The minimum atomic E-state index is 0.613. The van der Waals surface area contributed by atoms with Crippen LogP contribution in [-0.2, 0) is 0 Å². The highest BCUT2D eigenvalue weighted by atomic mass is 14.7. The summed E-state index contributed by atoms with van der Waals surface area (Å²) in [5.41, 5.74) is 0. The van der Waals surface area contributed by atoms with Crippen LogP contribution in [-0.4, -0.2) is 12.8 Å². The second-order valence-electron chi connectivity index (χ2n) is 2.65. The standard InChI is InChI=1S/C8H17N/c1-4-5-6-9-7-8(2)3/h7-8H,4-6H2,1-3H3. The Morgan fingerprint density at radius 3 is 2.56 bits per heavy atom. The van der Waals surface area contributed by atoms with Gasteiger partial charge in [-0.2, -0.15) is 0 Å². The van der Waals surface area contributed by atoms with Crippen LogP contribution in [0.1, 0.15) is 33.6 Å². The Hall–Kier alpha value is -0.330. The van der Waals surface area contributed by atoms with E-state index in [4.69, 9.17) is 0 Å². The summed E-state index contributed by atoms with van der Waals surface area (Å²) in [4.78, 5) is 4.24. The number of hydrogen-bond acceptors (Lipinski definition) is 1. The minimum absolute atomic E-state index is 0.613. The van der Waals surface area contributed by atoms with Gasteiger partial charge in [0.15, 0.2) is 0 Å². The summed E-state index contributed by atoms with van der Waals surface area (Å²) in [6.07, 6.45) is 4.49. The molecule has 0 N–H and O–H groups in total. The summed E-state index contributed by atoms with van der Waals surface area (Å²) >= 11 is 0. The summed E-state index contributed by atoms with van der Waals surface area (Å²) in [6, 6.07) is 0. The molecule has 0 radical (unpaired) electrons. The molecule has 0 unspecified atom stereocenters. The zero-order valence-corrected chi connectivity index (χ0v) is 6.72. The van der Waals surface area contributed by atoms with Crippen molar-refractivity contribution in [2.24, 2.45) is 10.9 Å². The Labute approximate surface area is 58.2 Å². The van der Waals surface area contributed by atoms with Gasteiger partial charge in [0.05, 0.1) is 0 Å². The van der Waals surface area contributed by atoms with Crippen molar-refractivity contribution in [2.75, 3.05) is 6.54 Å². The topological polar surface area (TPSA) is 12.4 Å². The van der Waals surface area contributed by atoms with Crippen molar-refractivity contribution in [1.29, 1.82) is 0 Å². The summed E-state index contributed by atoms with van der Waals surface area (Å²) in [5.74, 6) is 0.613.